The zero-order chi connectivity index (χ0) is 9.84. The van der Waals surface area contributed by atoms with Crippen LogP contribution < -0.4 is 5.32 Å². The lowest BCUT2D eigenvalue weighted by Crippen LogP contribution is -2.30. The molecule has 1 unspecified atom stereocenters. The van der Waals surface area contributed by atoms with Gasteiger partial charge in [-0.05, 0) is 12.8 Å². The van der Waals surface area contributed by atoms with E-state index >= 15 is 0 Å². The third-order valence-corrected chi connectivity index (χ3v) is 2.52. The molecule has 0 aliphatic rings. The minimum absolute atomic E-state index is 0.551. The van der Waals surface area contributed by atoms with Crippen molar-refractivity contribution in [1.29, 1.82) is 0 Å². The maximum atomic E-state index is 4.07. The number of aromatic nitrogens is 2. The normalized spacial score (nSPS) is 13.6. The largest absolute Gasteiger partial charge is 0.337 e. The summed E-state index contributed by atoms with van der Waals surface area (Å²) in [6.45, 7) is 7.55. The van der Waals surface area contributed by atoms with Crippen molar-refractivity contribution in [3.63, 3.8) is 0 Å². The smallest absolute Gasteiger partial charge is 0.0945 e. The van der Waals surface area contributed by atoms with E-state index in [1.165, 1.54) is 5.69 Å². The molecule has 0 aliphatic heterocycles. The van der Waals surface area contributed by atoms with E-state index in [0.717, 1.165) is 6.54 Å². The van der Waals surface area contributed by atoms with Crippen molar-refractivity contribution < 1.29 is 0 Å². The van der Waals surface area contributed by atoms with Gasteiger partial charge in [0.1, 0.15) is 0 Å². The Labute approximate surface area is 80.2 Å². The highest BCUT2D eigenvalue weighted by Crippen LogP contribution is 2.02. The van der Waals surface area contributed by atoms with Crippen molar-refractivity contribution in [2.45, 2.75) is 33.4 Å². The van der Waals surface area contributed by atoms with Crippen LogP contribution in [0.1, 0.15) is 26.5 Å². The molecule has 1 heterocycles. The summed E-state index contributed by atoms with van der Waals surface area (Å²) in [5.41, 5.74) is 1.23. The quantitative estimate of drug-likeness (QED) is 0.764. The van der Waals surface area contributed by atoms with E-state index in [1.807, 2.05) is 24.1 Å². The number of nitrogens with zero attached hydrogens (tertiary/aromatic N) is 2. The molecule has 3 nitrogen and oxygen atoms in total. The molecule has 1 aromatic heterocycles. The maximum Gasteiger partial charge on any atom is 0.0945 e. The van der Waals surface area contributed by atoms with Crippen LogP contribution >= 0.6 is 0 Å². The minimum Gasteiger partial charge on any atom is -0.337 e. The third-order valence-electron chi connectivity index (χ3n) is 2.52. The number of rotatable bonds is 4. The van der Waals surface area contributed by atoms with Gasteiger partial charge in [0.2, 0.25) is 0 Å². The zero-order valence-electron chi connectivity index (χ0n) is 8.91. The van der Waals surface area contributed by atoms with Crippen molar-refractivity contribution in [2.24, 2.45) is 13.0 Å². The Bertz CT molecular complexity index is 252. The number of imidazole rings is 1. The van der Waals surface area contributed by atoms with Crippen LogP contribution in [0.4, 0.5) is 0 Å². The van der Waals surface area contributed by atoms with Crippen molar-refractivity contribution in [3.8, 4) is 0 Å². The van der Waals surface area contributed by atoms with E-state index in [-0.39, 0.29) is 0 Å². The predicted octanol–water partition coefficient (Wildman–Crippen LogP) is 1.55. The van der Waals surface area contributed by atoms with E-state index in [9.17, 15) is 0 Å². The Morgan fingerprint density at radius 3 is 2.62 bits per heavy atom. The highest BCUT2D eigenvalue weighted by Gasteiger charge is 2.06. The Morgan fingerprint density at radius 1 is 1.46 bits per heavy atom. The van der Waals surface area contributed by atoms with E-state index < -0.39 is 0 Å². The summed E-state index contributed by atoms with van der Waals surface area (Å²) < 4.78 is 2.04. The molecule has 1 rings (SSSR count). The molecule has 0 aliphatic carbocycles. The van der Waals surface area contributed by atoms with Gasteiger partial charge < -0.3 is 9.88 Å². The maximum absolute atomic E-state index is 4.07. The lowest BCUT2D eigenvalue weighted by atomic mass is 10.1. The van der Waals surface area contributed by atoms with Gasteiger partial charge in [-0.3, -0.25) is 0 Å². The highest BCUT2D eigenvalue weighted by atomic mass is 15.0. The van der Waals surface area contributed by atoms with Crippen LogP contribution in [0.5, 0.6) is 0 Å². The molecule has 0 aromatic carbocycles. The molecule has 0 radical (unpaired) electrons. The second kappa shape index (κ2) is 4.42. The molecule has 13 heavy (non-hydrogen) atoms. The van der Waals surface area contributed by atoms with Crippen molar-refractivity contribution in [1.82, 2.24) is 14.9 Å². The fourth-order valence-corrected chi connectivity index (χ4v) is 1.06. The summed E-state index contributed by atoms with van der Waals surface area (Å²) in [4.78, 5) is 4.07. The van der Waals surface area contributed by atoms with Crippen LogP contribution in [0.3, 0.4) is 0 Å². The third kappa shape index (κ3) is 2.84. The molecule has 3 heteroatoms. The monoisotopic (exact) mass is 181 g/mol. The first-order chi connectivity index (χ1) is 6.11. The van der Waals surface area contributed by atoms with E-state index in [0.29, 0.717) is 12.0 Å². The molecule has 0 saturated heterocycles. The number of nitrogens with one attached hydrogen (secondary N) is 1. The van der Waals surface area contributed by atoms with Crippen molar-refractivity contribution in [3.05, 3.63) is 18.2 Å². The Morgan fingerprint density at radius 2 is 2.15 bits per heavy atom. The van der Waals surface area contributed by atoms with Crippen LogP contribution in [0.25, 0.3) is 0 Å². The Balaban J connectivity index is 2.39. The molecule has 0 fully saturated rings. The van der Waals surface area contributed by atoms with Gasteiger partial charge in [-0.25, -0.2) is 4.98 Å². The molecule has 0 spiro atoms. The number of hydrogen-bond acceptors (Lipinski definition) is 2. The van der Waals surface area contributed by atoms with Crippen LogP contribution in [0, 0.1) is 5.92 Å². The van der Waals surface area contributed by atoms with Crippen LogP contribution in [0.2, 0.25) is 0 Å². The summed E-state index contributed by atoms with van der Waals surface area (Å²) in [6.07, 6.45) is 3.73. The fraction of sp³-hybridized carbons (Fsp3) is 0.700. The standard InChI is InChI=1S/C10H19N3/c1-8(2)9(3)12-6-10-5-11-7-13(10)4/h5,7-9,12H,6H2,1-4H3. The van der Waals surface area contributed by atoms with Gasteiger partial charge in [-0.15, -0.1) is 0 Å². The van der Waals surface area contributed by atoms with Crippen molar-refractivity contribution >= 4 is 0 Å². The van der Waals surface area contributed by atoms with Crippen LogP contribution in [0.15, 0.2) is 12.5 Å². The van der Waals surface area contributed by atoms with Gasteiger partial charge in [0.05, 0.1) is 12.0 Å². The SMILES string of the molecule is CC(C)C(C)NCc1cncn1C. The average Bonchev–Trinajstić information content (AvgIpc) is 2.47. The van der Waals surface area contributed by atoms with Gasteiger partial charge in [0.15, 0.2) is 0 Å². The van der Waals surface area contributed by atoms with Gasteiger partial charge >= 0.3 is 0 Å². The zero-order valence-corrected chi connectivity index (χ0v) is 8.91. The minimum atomic E-state index is 0.551. The Kier molecular flexibility index (Phi) is 3.48. The van der Waals surface area contributed by atoms with Crippen molar-refractivity contribution in [2.75, 3.05) is 0 Å². The van der Waals surface area contributed by atoms with Gasteiger partial charge in [-0.1, -0.05) is 13.8 Å². The summed E-state index contributed by atoms with van der Waals surface area (Å²) in [5, 5.41) is 3.46. The molecule has 0 amide bonds. The number of hydrogen-bond donors (Lipinski definition) is 1. The molecular formula is C10H19N3. The molecule has 1 atom stereocenters. The molecule has 0 bridgehead atoms. The highest BCUT2D eigenvalue weighted by molar-refractivity contribution is 4.97. The first-order valence-electron chi connectivity index (χ1n) is 4.80. The molecule has 1 aromatic rings. The average molecular weight is 181 g/mol. The molecule has 74 valence electrons. The summed E-state index contributed by atoms with van der Waals surface area (Å²) in [7, 11) is 2.02. The summed E-state index contributed by atoms with van der Waals surface area (Å²) in [5.74, 6) is 0.674. The van der Waals surface area contributed by atoms with Gasteiger partial charge in [0.25, 0.3) is 0 Å². The Hall–Kier alpha value is -0.830. The topological polar surface area (TPSA) is 29.9 Å². The second-order valence-electron chi connectivity index (χ2n) is 3.91. The van der Waals surface area contributed by atoms with E-state index in [1.54, 1.807) is 0 Å². The molecule has 0 saturated carbocycles. The fourth-order valence-electron chi connectivity index (χ4n) is 1.06. The predicted molar refractivity (Wildman–Crippen MR) is 54.3 cm³/mol. The first-order valence-corrected chi connectivity index (χ1v) is 4.80. The van der Waals surface area contributed by atoms with E-state index in [2.05, 4.69) is 31.1 Å². The number of aryl methyl sites for hydroxylation is 1. The molecular weight excluding hydrogens is 162 g/mol. The second-order valence-corrected chi connectivity index (χ2v) is 3.91. The lowest BCUT2D eigenvalue weighted by molar-refractivity contribution is 0.421. The van der Waals surface area contributed by atoms with Crippen LogP contribution in [-0.2, 0) is 13.6 Å². The van der Waals surface area contributed by atoms with E-state index in [4.69, 9.17) is 0 Å². The summed E-state index contributed by atoms with van der Waals surface area (Å²) >= 11 is 0. The van der Waals surface area contributed by atoms with Gasteiger partial charge in [0, 0.05) is 25.8 Å². The van der Waals surface area contributed by atoms with Crippen LogP contribution in [-0.4, -0.2) is 15.6 Å². The lowest BCUT2D eigenvalue weighted by Gasteiger charge is -2.17. The van der Waals surface area contributed by atoms with Gasteiger partial charge in [-0.2, -0.15) is 0 Å². The first kappa shape index (κ1) is 10.3. The molecule has 1 N–H and O–H groups in total. The summed E-state index contributed by atoms with van der Waals surface area (Å²) in [6, 6.07) is 0.551.